The van der Waals surface area contributed by atoms with E-state index in [2.05, 4.69) is 15.8 Å². The molecule has 9 nitrogen and oxygen atoms in total. The van der Waals surface area contributed by atoms with E-state index in [9.17, 15) is 27.7 Å². The summed E-state index contributed by atoms with van der Waals surface area (Å²) < 4.78 is 38.6. The Hall–Kier alpha value is -3.61. The number of sulfone groups is 1. The van der Waals surface area contributed by atoms with Crippen LogP contribution in [0.4, 0.5) is 10.1 Å². The Morgan fingerprint density at radius 2 is 1.79 bits per heavy atom. The molecule has 0 saturated heterocycles. The van der Waals surface area contributed by atoms with Crippen molar-refractivity contribution in [1.82, 2.24) is 15.8 Å². The molecule has 0 saturated carbocycles. The van der Waals surface area contributed by atoms with E-state index in [0.29, 0.717) is 16.2 Å². The SMILES string of the molecule is O=C(C1C=C(c2ccncc2Sc2ccc(F)cc2)NN1)S(=O)(=O)c1ccc([N+](=O)[O-])cc1. The largest absolute Gasteiger partial charge is 0.320 e. The first-order chi connectivity index (χ1) is 15.8. The Bertz CT molecular complexity index is 1360. The molecule has 0 fully saturated rings. The Kier molecular flexibility index (Phi) is 6.22. The molecule has 1 aliphatic heterocycles. The summed E-state index contributed by atoms with van der Waals surface area (Å²) in [6.07, 6.45) is 4.60. The van der Waals surface area contributed by atoms with Crippen LogP contribution in [0.25, 0.3) is 5.70 Å². The van der Waals surface area contributed by atoms with Gasteiger partial charge in [0.25, 0.3) is 10.8 Å². The van der Waals surface area contributed by atoms with Crippen LogP contribution in [0.15, 0.2) is 87.8 Å². The number of carbonyl (C=O) groups is 1. The van der Waals surface area contributed by atoms with Crippen LogP contribution in [0.5, 0.6) is 0 Å². The van der Waals surface area contributed by atoms with Crippen LogP contribution < -0.4 is 10.9 Å². The fourth-order valence-electron chi connectivity index (χ4n) is 3.03. The van der Waals surface area contributed by atoms with E-state index in [0.717, 1.165) is 29.2 Å². The molecule has 1 aliphatic rings. The summed E-state index contributed by atoms with van der Waals surface area (Å²) in [5.41, 5.74) is 6.32. The van der Waals surface area contributed by atoms with Crippen molar-refractivity contribution < 1.29 is 22.5 Å². The lowest BCUT2D eigenvalue weighted by atomic mass is 10.2. The summed E-state index contributed by atoms with van der Waals surface area (Å²) in [6.45, 7) is 0. The zero-order valence-electron chi connectivity index (χ0n) is 16.6. The van der Waals surface area contributed by atoms with Gasteiger partial charge in [0.05, 0.1) is 15.5 Å². The summed E-state index contributed by atoms with van der Waals surface area (Å²) in [4.78, 5) is 28.1. The van der Waals surface area contributed by atoms with Gasteiger partial charge >= 0.3 is 0 Å². The number of carbonyl (C=O) groups excluding carboxylic acids is 1. The summed E-state index contributed by atoms with van der Waals surface area (Å²) >= 11 is 1.33. The van der Waals surface area contributed by atoms with Crippen LogP contribution in [-0.2, 0) is 14.6 Å². The van der Waals surface area contributed by atoms with Crippen LogP contribution in [-0.4, -0.2) is 29.5 Å². The molecular formula is C21H15FN4O5S2. The average Bonchev–Trinajstić information content (AvgIpc) is 3.30. The molecule has 0 radical (unpaired) electrons. The highest BCUT2D eigenvalue weighted by atomic mass is 32.2. The highest BCUT2D eigenvalue weighted by Crippen LogP contribution is 2.33. The number of pyridine rings is 1. The van der Waals surface area contributed by atoms with Crippen LogP contribution >= 0.6 is 11.8 Å². The number of nitro benzene ring substituents is 1. The summed E-state index contributed by atoms with van der Waals surface area (Å²) in [5.74, 6) is -0.356. The second-order valence-electron chi connectivity index (χ2n) is 6.83. The molecule has 2 heterocycles. The molecule has 0 bridgehead atoms. The van der Waals surface area contributed by atoms with Crippen LogP contribution in [0.2, 0.25) is 0 Å². The molecule has 1 atom stereocenters. The zero-order valence-corrected chi connectivity index (χ0v) is 18.3. The lowest BCUT2D eigenvalue weighted by Crippen LogP contribution is -2.40. The molecule has 3 aromatic rings. The number of non-ortho nitro benzene ring substituents is 1. The van der Waals surface area contributed by atoms with E-state index in [1.165, 1.54) is 30.0 Å². The first kappa shape index (κ1) is 22.6. The van der Waals surface area contributed by atoms with Crippen molar-refractivity contribution in [2.45, 2.75) is 20.7 Å². The molecular weight excluding hydrogens is 471 g/mol. The van der Waals surface area contributed by atoms with Gasteiger partial charge in [0.15, 0.2) is 0 Å². The minimum atomic E-state index is -4.39. The first-order valence-corrected chi connectivity index (χ1v) is 11.7. The topological polar surface area (TPSA) is 131 Å². The number of hydrogen-bond acceptors (Lipinski definition) is 9. The second kappa shape index (κ2) is 9.10. The highest BCUT2D eigenvalue weighted by Gasteiger charge is 2.34. The highest BCUT2D eigenvalue weighted by molar-refractivity contribution is 8.06. The van der Waals surface area contributed by atoms with E-state index in [-0.39, 0.29) is 16.4 Å². The quantitative estimate of drug-likeness (QED) is 0.398. The van der Waals surface area contributed by atoms with Crippen molar-refractivity contribution in [2.75, 3.05) is 0 Å². The molecule has 0 spiro atoms. The predicted molar refractivity (Wildman–Crippen MR) is 118 cm³/mol. The lowest BCUT2D eigenvalue weighted by molar-refractivity contribution is -0.384. The maximum atomic E-state index is 13.2. The number of nitro groups is 1. The molecule has 12 heteroatoms. The Labute approximate surface area is 191 Å². The van der Waals surface area contributed by atoms with Crippen LogP contribution in [0, 0.1) is 15.9 Å². The molecule has 0 amide bonds. The van der Waals surface area contributed by atoms with Gasteiger partial charge in [0.1, 0.15) is 11.9 Å². The van der Waals surface area contributed by atoms with Crippen LogP contribution in [0.3, 0.4) is 0 Å². The van der Waals surface area contributed by atoms with E-state index in [1.807, 2.05) is 0 Å². The van der Waals surface area contributed by atoms with E-state index >= 15 is 0 Å². The van der Waals surface area contributed by atoms with Gasteiger partial charge in [0, 0.05) is 39.9 Å². The Morgan fingerprint density at radius 1 is 1.09 bits per heavy atom. The van der Waals surface area contributed by atoms with Crippen molar-refractivity contribution >= 4 is 38.1 Å². The number of rotatable bonds is 6. The Balaban J connectivity index is 1.58. The summed E-state index contributed by atoms with van der Waals surface area (Å²) in [6, 6.07) is 10.5. The average molecular weight is 487 g/mol. The molecule has 33 heavy (non-hydrogen) atoms. The standard InChI is InChI=1S/C21H15FN4O5S2/c22-13-1-5-15(6-2-13)32-20-12-23-10-9-17(20)18-11-19(25-24-18)21(27)33(30,31)16-7-3-14(4-8-16)26(28)29/h1-12,19,24-25H. The lowest BCUT2D eigenvalue weighted by Gasteiger charge is -2.10. The van der Waals surface area contributed by atoms with E-state index < -0.39 is 25.9 Å². The third-order valence-electron chi connectivity index (χ3n) is 4.69. The number of hydrazine groups is 1. The van der Waals surface area contributed by atoms with Crippen molar-refractivity contribution in [3.63, 3.8) is 0 Å². The smallest absolute Gasteiger partial charge is 0.273 e. The van der Waals surface area contributed by atoms with Gasteiger partial charge in [-0.15, -0.1) is 0 Å². The van der Waals surface area contributed by atoms with Gasteiger partial charge in [0.2, 0.25) is 9.84 Å². The second-order valence-corrected chi connectivity index (χ2v) is 9.82. The third-order valence-corrected chi connectivity index (χ3v) is 7.42. The van der Waals surface area contributed by atoms with Gasteiger partial charge in [-0.1, -0.05) is 11.8 Å². The number of aromatic nitrogens is 1. The number of hydrogen-bond donors (Lipinski definition) is 2. The van der Waals surface area contributed by atoms with Crippen molar-refractivity contribution in [1.29, 1.82) is 0 Å². The summed E-state index contributed by atoms with van der Waals surface area (Å²) in [7, 11) is -4.39. The van der Waals surface area contributed by atoms with Gasteiger partial charge < -0.3 is 5.43 Å². The van der Waals surface area contributed by atoms with Crippen molar-refractivity contribution in [2.24, 2.45) is 0 Å². The maximum Gasteiger partial charge on any atom is 0.273 e. The molecule has 4 rings (SSSR count). The fraction of sp³-hybridized carbons (Fsp3) is 0.0476. The molecule has 168 valence electrons. The third kappa shape index (κ3) is 4.77. The number of benzene rings is 2. The van der Waals surface area contributed by atoms with E-state index in [1.54, 1.807) is 30.6 Å². The number of nitrogens with zero attached hydrogens (tertiary/aromatic N) is 2. The molecule has 0 aliphatic carbocycles. The van der Waals surface area contributed by atoms with E-state index in [4.69, 9.17) is 0 Å². The number of nitrogens with one attached hydrogen (secondary N) is 2. The normalized spacial score (nSPS) is 15.5. The summed E-state index contributed by atoms with van der Waals surface area (Å²) in [5, 5.41) is 9.66. The van der Waals surface area contributed by atoms with Gasteiger partial charge in [-0.2, -0.15) is 0 Å². The van der Waals surface area contributed by atoms with Gasteiger partial charge in [-0.3, -0.25) is 19.9 Å². The first-order valence-electron chi connectivity index (χ1n) is 9.40. The maximum absolute atomic E-state index is 13.2. The zero-order chi connectivity index (χ0) is 23.6. The minimum Gasteiger partial charge on any atom is -0.320 e. The molecule has 2 aromatic carbocycles. The molecule has 1 aromatic heterocycles. The number of halogens is 1. The minimum absolute atomic E-state index is 0.284. The Morgan fingerprint density at radius 3 is 2.45 bits per heavy atom. The predicted octanol–water partition coefficient (Wildman–Crippen LogP) is 3.10. The van der Waals surface area contributed by atoms with Crippen LogP contribution in [0.1, 0.15) is 5.56 Å². The monoisotopic (exact) mass is 486 g/mol. The molecule has 2 N–H and O–H groups in total. The van der Waals surface area contributed by atoms with Gasteiger partial charge in [-0.05, 0) is 48.5 Å². The van der Waals surface area contributed by atoms with Gasteiger partial charge in [-0.25, -0.2) is 18.2 Å². The van der Waals surface area contributed by atoms with Crippen molar-refractivity contribution in [3.05, 3.63) is 94.6 Å². The molecule has 1 unspecified atom stereocenters. The van der Waals surface area contributed by atoms with Crippen molar-refractivity contribution in [3.8, 4) is 0 Å². The fourth-order valence-corrected chi connectivity index (χ4v) is 5.15.